The minimum Gasteiger partial charge on any atom is -0.393 e. The van der Waals surface area contributed by atoms with Crippen LogP contribution in [0, 0.1) is 11.8 Å². The van der Waals surface area contributed by atoms with Crippen LogP contribution < -0.4 is 10.6 Å². The van der Waals surface area contributed by atoms with E-state index in [0.29, 0.717) is 18.4 Å². The van der Waals surface area contributed by atoms with Gasteiger partial charge in [-0.1, -0.05) is 12.1 Å². The summed E-state index contributed by atoms with van der Waals surface area (Å²) in [6, 6.07) is 8.46. The Hall–Kier alpha value is -1.06. The Morgan fingerprint density at radius 3 is 2.94 bits per heavy atom. The SMILES string of the molecule is NCc1cccc(N2CC3CCC(O)C3C2)c1. The fraction of sp³-hybridized carbons (Fsp3) is 0.571. The van der Waals surface area contributed by atoms with Crippen molar-refractivity contribution < 1.29 is 5.11 Å². The smallest absolute Gasteiger partial charge is 0.0588 e. The normalized spacial score (nSPS) is 31.9. The van der Waals surface area contributed by atoms with Crippen molar-refractivity contribution in [3.8, 4) is 0 Å². The maximum atomic E-state index is 9.92. The quantitative estimate of drug-likeness (QED) is 0.809. The molecule has 1 saturated heterocycles. The third-order valence-electron chi connectivity index (χ3n) is 4.33. The lowest BCUT2D eigenvalue weighted by atomic mass is 10.00. The molecule has 3 heteroatoms. The molecule has 3 atom stereocenters. The van der Waals surface area contributed by atoms with Gasteiger partial charge in [-0.15, -0.1) is 0 Å². The molecular formula is C14H20N2O. The number of benzene rings is 1. The number of rotatable bonds is 2. The van der Waals surface area contributed by atoms with E-state index in [4.69, 9.17) is 5.73 Å². The van der Waals surface area contributed by atoms with E-state index in [-0.39, 0.29) is 6.10 Å². The zero-order valence-electron chi connectivity index (χ0n) is 10.0. The van der Waals surface area contributed by atoms with Crippen molar-refractivity contribution in [1.29, 1.82) is 0 Å². The summed E-state index contributed by atoms with van der Waals surface area (Å²) in [6.07, 6.45) is 2.09. The largest absolute Gasteiger partial charge is 0.393 e. The van der Waals surface area contributed by atoms with Crippen LogP contribution in [0.4, 0.5) is 5.69 Å². The van der Waals surface area contributed by atoms with Gasteiger partial charge in [-0.05, 0) is 36.5 Å². The number of nitrogens with two attached hydrogens (primary N) is 1. The Labute approximate surface area is 102 Å². The summed E-state index contributed by atoms with van der Waals surface area (Å²) in [5, 5.41) is 9.92. The van der Waals surface area contributed by atoms with E-state index >= 15 is 0 Å². The van der Waals surface area contributed by atoms with E-state index in [9.17, 15) is 5.11 Å². The molecule has 3 N–H and O–H groups in total. The van der Waals surface area contributed by atoms with Gasteiger partial charge in [0.1, 0.15) is 0 Å². The number of fused-ring (bicyclic) bond motifs is 1. The minimum atomic E-state index is -0.0808. The first-order valence-corrected chi connectivity index (χ1v) is 6.50. The van der Waals surface area contributed by atoms with Crippen LogP contribution in [0.2, 0.25) is 0 Å². The molecule has 0 spiro atoms. The lowest BCUT2D eigenvalue weighted by Crippen LogP contribution is -2.24. The summed E-state index contributed by atoms with van der Waals surface area (Å²) >= 11 is 0. The maximum Gasteiger partial charge on any atom is 0.0588 e. The number of anilines is 1. The second-order valence-electron chi connectivity index (χ2n) is 5.35. The fourth-order valence-corrected chi connectivity index (χ4v) is 3.33. The summed E-state index contributed by atoms with van der Waals surface area (Å²) in [7, 11) is 0. The van der Waals surface area contributed by atoms with Crippen LogP contribution in [0.1, 0.15) is 18.4 Å². The van der Waals surface area contributed by atoms with Crippen LogP contribution in [0.15, 0.2) is 24.3 Å². The molecule has 0 radical (unpaired) electrons. The molecule has 17 heavy (non-hydrogen) atoms. The lowest BCUT2D eigenvalue weighted by molar-refractivity contribution is 0.133. The van der Waals surface area contributed by atoms with Crippen LogP contribution in [-0.2, 0) is 6.54 Å². The van der Waals surface area contributed by atoms with E-state index in [1.165, 1.54) is 17.7 Å². The van der Waals surface area contributed by atoms with E-state index in [1.807, 2.05) is 0 Å². The Kier molecular flexibility index (Phi) is 2.81. The Morgan fingerprint density at radius 2 is 2.18 bits per heavy atom. The van der Waals surface area contributed by atoms with Gasteiger partial charge in [0, 0.05) is 31.2 Å². The van der Waals surface area contributed by atoms with Gasteiger partial charge < -0.3 is 15.7 Å². The van der Waals surface area contributed by atoms with Gasteiger partial charge in [0.25, 0.3) is 0 Å². The molecule has 1 heterocycles. The first-order chi connectivity index (χ1) is 8.28. The van der Waals surface area contributed by atoms with E-state index in [0.717, 1.165) is 19.5 Å². The van der Waals surface area contributed by atoms with Gasteiger partial charge in [-0.25, -0.2) is 0 Å². The number of hydrogen-bond donors (Lipinski definition) is 2. The second-order valence-corrected chi connectivity index (χ2v) is 5.35. The van der Waals surface area contributed by atoms with Crippen LogP contribution >= 0.6 is 0 Å². The van der Waals surface area contributed by atoms with Crippen molar-refractivity contribution in [1.82, 2.24) is 0 Å². The Morgan fingerprint density at radius 1 is 1.29 bits per heavy atom. The summed E-state index contributed by atoms with van der Waals surface area (Å²) in [4.78, 5) is 2.40. The molecule has 0 aromatic heterocycles. The van der Waals surface area contributed by atoms with E-state index in [1.54, 1.807) is 0 Å². The Balaban J connectivity index is 1.78. The molecule has 3 nitrogen and oxygen atoms in total. The lowest BCUT2D eigenvalue weighted by Gasteiger charge is -2.21. The highest BCUT2D eigenvalue weighted by molar-refractivity contribution is 5.50. The fourth-order valence-electron chi connectivity index (χ4n) is 3.33. The van der Waals surface area contributed by atoms with Crippen LogP contribution in [0.5, 0.6) is 0 Å². The summed E-state index contributed by atoms with van der Waals surface area (Å²) in [5.74, 6) is 1.17. The van der Waals surface area contributed by atoms with Crippen LogP contribution in [0.25, 0.3) is 0 Å². The molecule has 3 unspecified atom stereocenters. The highest BCUT2D eigenvalue weighted by Crippen LogP contribution is 2.39. The predicted octanol–water partition coefficient (Wildman–Crippen LogP) is 1.35. The third kappa shape index (κ3) is 1.94. The number of aliphatic hydroxyl groups is 1. The van der Waals surface area contributed by atoms with Crippen LogP contribution in [0.3, 0.4) is 0 Å². The van der Waals surface area contributed by atoms with Crippen molar-refractivity contribution in [2.75, 3.05) is 18.0 Å². The average Bonchev–Trinajstić information content (AvgIpc) is 2.92. The molecule has 1 aromatic carbocycles. The van der Waals surface area contributed by atoms with Crippen LogP contribution in [-0.4, -0.2) is 24.3 Å². The van der Waals surface area contributed by atoms with Gasteiger partial charge in [0.2, 0.25) is 0 Å². The third-order valence-corrected chi connectivity index (χ3v) is 4.33. The maximum absolute atomic E-state index is 9.92. The van der Waals surface area contributed by atoms with Gasteiger partial charge in [-0.3, -0.25) is 0 Å². The summed E-state index contributed by atoms with van der Waals surface area (Å²) in [6.45, 7) is 2.69. The van der Waals surface area contributed by atoms with Gasteiger partial charge in [0.05, 0.1) is 6.10 Å². The topological polar surface area (TPSA) is 49.5 Å². The monoisotopic (exact) mass is 232 g/mol. The molecule has 92 valence electrons. The zero-order chi connectivity index (χ0) is 11.8. The Bertz CT molecular complexity index is 407. The molecule has 2 aliphatic rings. The highest BCUT2D eigenvalue weighted by atomic mass is 16.3. The number of hydrogen-bond acceptors (Lipinski definition) is 3. The first-order valence-electron chi connectivity index (χ1n) is 6.50. The molecule has 1 aliphatic carbocycles. The average molecular weight is 232 g/mol. The molecule has 0 amide bonds. The van der Waals surface area contributed by atoms with Gasteiger partial charge in [0.15, 0.2) is 0 Å². The van der Waals surface area contributed by atoms with E-state index in [2.05, 4.69) is 29.2 Å². The standard InChI is InChI=1S/C14H20N2O/c15-7-10-2-1-3-12(6-10)16-8-11-4-5-14(17)13(11)9-16/h1-3,6,11,13-14,17H,4-5,7-9,15H2. The molecule has 1 aromatic rings. The van der Waals surface area contributed by atoms with E-state index < -0.39 is 0 Å². The number of aliphatic hydroxyl groups excluding tert-OH is 1. The molecule has 1 saturated carbocycles. The van der Waals surface area contributed by atoms with Gasteiger partial charge >= 0.3 is 0 Å². The predicted molar refractivity (Wildman–Crippen MR) is 68.8 cm³/mol. The molecule has 3 rings (SSSR count). The van der Waals surface area contributed by atoms with Crippen molar-refractivity contribution in [3.05, 3.63) is 29.8 Å². The molecule has 0 bridgehead atoms. The molecule has 2 fully saturated rings. The summed E-state index contributed by atoms with van der Waals surface area (Å²) in [5.41, 5.74) is 8.11. The van der Waals surface area contributed by atoms with Crippen molar-refractivity contribution >= 4 is 5.69 Å². The van der Waals surface area contributed by atoms with Gasteiger partial charge in [-0.2, -0.15) is 0 Å². The molecular weight excluding hydrogens is 212 g/mol. The van der Waals surface area contributed by atoms with Crippen molar-refractivity contribution in [2.24, 2.45) is 17.6 Å². The highest BCUT2D eigenvalue weighted by Gasteiger charge is 2.41. The zero-order valence-corrected chi connectivity index (χ0v) is 10.0. The minimum absolute atomic E-state index is 0.0808. The molecule has 1 aliphatic heterocycles. The van der Waals surface area contributed by atoms with Crippen molar-refractivity contribution in [3.63, 3.8) is 0 Å². The number of nitrogens with zero attached hydrogens (tertiary/aromatic N) is 1. The second kappa shape index (κ2) is 4.31. The van der Waals surface area contributed by atoms with Crippen molar-refractivity contribution in [2.45, 2.75) is 25.5 Å². The summed E-state index contributed by atoms with van der Waals surface area (Å²) < 4.78 is 0. The first kappa shape index (κ1) is 11.1.